The first-order valence-electron chi connectivity index (χ1n) is 2.78. The summed E-state index contributed by atoms with van der Waals surface area (Å²) in [4.78, 5) is 10.5. The van der Waals surface area contributed by atoms with Gasteiger partial charge in [-0.05, 0) is 0 Å². The zero-order chi connectivity index (χ0) is 7.98. The van der Waals surface area contributed by atoms with Gasteiger partial charge < -0.3 is 20.4 Å². The van der Waals surface area contributed by atoms with E-state index >= 15 is 0 Å². The number of carbonyl (C=O) groups is 1. The van der Waals surface area contributed by atoms with Crippen molar-refractivity contribution >= 4 is 5.97 Å². The number of carbonyl (C=O) groups excluding carboxylic acids is 1. The van der Waals surface area contributed by atoms with Gasteiger partial charge in [0.05, 0.1) is 6.61 Å². The maximum atomic E-state index is 10.5. The fraction of sp³-hybridized carbons (Fsp3) is 0.500. The summed E-state index contributed by atoms with van der Waals surface area (Å²) in [6.07, 6.45) is -0.0536. The molecule has 0 aliphatic carbocycles. The zero-order valence-electron chi connectivity index (χ0n) is 5.99. The summed E-state index contributed by atoms with van der Waals surface area (Å²) >= 11 is 0. The van der Waals surface area contributed by atoms with Crippen LogP contribution in [0.1, 0.15) is 0 Å². The molecule has 0 heterocycles. The van der Waals surface area contributed by atoms with Crippen LogP contribution in [0, 0.1) is 0 Å². The number of ether oxygens (including phenoxy) is 1. The van der Waals surface area contributed by atoms with Gasteiger partial charge in [-0.25, -0.2) is 4.79 Å². The molecule has 4 N–H and O–H groups in total. The van der Waals surface area contributed by atoms with E-state index in [0.29, 0.717) is 0 Å². The first kappa shape index (κ1) is 12.7. The zero-order valence-corrected chi connectivity index (χ0v) is 5.99. The van der Waals surface area contributed by atoms with Crippen LogP contribution in [-0.2, 0) is 9.53 Å². The van der Waals surface area contributed by atoms with Crippen LogP contribution < -0.4 is 0 Å². The summed E-state index contributed by atoms with van der Waals surface area (Å²) in [5.41, 5.74) is 0. The van der Waals surface area contributed by atoms with E-state index in [9.17, 15) is 4.79 Å². The van der Waals surface area contributed by atoms with Gasteiger partial charge in [-0.15, -0.1) is 0 Å². The van der Waals surface area contributed by atoms with E-state index in [0.717, 1.165) is 0 Å². The Bertz CT molecular complexity index is 122. The lowest BCUT2D eigenvalue weighted by Crippen LogP contribution is -2.26. The fourth-order valence-corrected chi connectivity index (χ4v) is 0.312. The normalized spacial score (nSPS) is 11.1. The molecule has 0 saturated carbocycles. The molecular weight excluding hydrogens is 152 g/mol. The van der Waals surface area contributed by atoms with E-state index in [1.165, 1.54) is 6.08 Å². The van der Waals surface area contributed by atoms with Crippen molar-refractivity contribution in [2.75, 3.05) is 13.2 Å². The quantitative estimate of drug-likeness (QED) is 0.380. The van der Waals surface area contributed by atoms with Gasteiger partial charge in [0.2, 0.25) is 0 Å². The highest BCUT2D eigenvalue weighted by atomic mass is 16.5. The van der Waals surface area contributed by atoms with Crippen molar-refractivity contribution in [3.63, 3.8) is 0 Å². The van der Waals surface area contributed by atoms with Crippen molar-refractivity contribution < 1.29 is 25.2 Å². The fourth-order valence-electron chi connectivity index (χ4n) is 0.312. The lowest BCUT2D eigenvalue weighted by atomic mass is 10.4. The molecular formula is C6H12O5. The minimum atomic E-state index is -1.43. The van der Waals surface area contributed by atoms with Crippen molar-refractivity contribution in [1.82, 2.24) is 0 Å². The van der Waals surface area contributed by atoms with Crippen LogP contribution >= 0.6 is 0 Å². The molecule has 0 aliphatic rings. The first-order valence-corrected chi connectivity index (χ1v) is 2.78. The summed E-state index contributed by atoms with van der Waals surface area (Å²) in [5, 5.41) is 16.8. The molecule has 5 nitrogen and oxygen atoms in total. The van der Waals surface area contributed by atoms with Crippen LogP contribution in [0.15, 0.2) is 12.7 Å². The average molecular weight is 164 g/mol. The van der Waals surface area contributed by atoms with E-state index in [2.05, 4.69) is 11.3 Å². The molecule has 0 radical (unpaired) electrons. The monoisotopic (exact) mass is 164 g/mol. The molecule has 11 heavy (non-hydrogen) atoms. The van der Waals surface area contributed by atoms with Gasteiger partial charge in [0, 0.05) is 0 Å². The van der Waals surface area contributed by atoms with Gasteiger partial charge in [-0.1, -0.05) is 12.7 Å². The Hall–Kier alpha value is -0.910. The predicted octanol–water partition coefficient (Wildman–Crippen LogP) is -1.76. The van der Waals surface area contributed by atoms with Gasteiger partial charge in [-0.3, -0.25) is 0 Å². The lowest BCUT2D eigenvalue weighted by Gasteiger charge is -2.04. The van der Waals surface area contributed by atoms with E-state index < -0.39 is 18.7 Å². The van der Waals surface area contributed by atoms with Gasteiger partial charge in [0.1, 0.15) is 6.61 Å². The Kier molecular flexibility index (Phi) is 8.34. The maximum Gasteiger partial charge on any atom is 0.337 e. The molecule has 0 bridgehead atoms. The SMILES string of the molecule is C=CCOC(=O)C(O)CO.O. The van der Waals surface area contributed by atoms with Gasteiger partial charge in [0.25, 0.3) is 0 Å². The summed E-state index contributed by atoms with van der Waals surface area (Å²) in [5.74, 6) is -0.831. The summed E-state index contributed by atoms with van der Waals surface area (Å²) in [6.45, 7) is 2.73. The third-order valence-electron chi connectivity index (χ3n) is 0.788. The van der Waals surface area contributed by atoms with Crippen LogP contribution in [0.4, 0.5) is 0 Å². The minimum Gasteiger partial charge on any atom is -0.459 e. The smallest absolute Gasteiger partial charge is 0.337 e. The summed E-state index contributed by atoms with van der Waals surface area (Å²) in [6, 6.07) is 0. The predicted molar refractivity (Wildman–Crippen MR) is 37.9 cm³/mol. The molecule has 5 heteroatoms. The Balaban J connectivity index is 0. The molecule has 0 saturated heterocycles. The summed E-state index contributed by atoms with van der Waals surface area (Å²) in [7, 11) is 0. The Labute approximate surface area is 64.2 Å². The number of rotatable bonds is 4. The lowest BCUT2D eigenvalue weighted by molar-refractivity contribution is -0.154. The molecule has 0 aliphatic heterocycles. The van der Waals surface area contributed by atoms with Crippen LogP contribution in [0.25, 0.3) is 0 Å². The second-order valence-corrected chi connectivity index (χ2v) is 1.62. The minimum absolute atomic E-state index is 0. The maximum absolute atomic E-state index is 10.5. The van der Waals surface area contributed by atoms with Crippen LogP contribution in [-0.4, -0.2) is 41.0 Å². The van der Waals surface area contributed by atoms with Gasteiger partial charge >= 0.3 is 5.97 Å². The van der Waals surface area contributed by atoms with Gasteiger partial charge in [-0.2, -0.15) is 0 Å². The third kappa shape index (κ3) is 5.53. The molecule has 0 aromatic heterocycles. The van der Waals surface area contributed by atoms with Crippen molar-refractivity contribution in [2.24, 2.45) is 0 Å². The van der Waals surface area contributed by atoms with Crippen molar-refractivity contribution in [3.8, 4) is 0 Å². The van der Waals surface area contributed by atoms with E-state index in [1.54, 1.807) is 0 Å². The van der Waals surface area contributed by atoms with Gasteiger partial charge in [0.15, 0.2) is 6.10 Å². The number of aliphatic hydroxyl groups excluding tert-OH is 2. The Morgan fingerprint density at radius 2 is 2.27 bits per heavy atom. The average Bonchev–Trinajstić information content (AvgIpc) is 1.98. The van der Waals surface area contributed by atoms with E-state index in [1.807, 2.05) is 0 Å². The molecule has 0 rings (SSSR count). The largest absolute Gasteiger partial charge is 0.459 e. The molecule has 0 spiro atoms. The number of hydrogen-bond acceptors (Lipinski definition) is 4. The highest BCUT2D eigenvalue weighted by Crippen LogP contribution is 1.86. The standard InChI is InChI=1S/C6H10O4.H2O/c1-2-3-10-6(9)5(8)4-7;/h2,5,7-8H,1,3-4H2;1H2. The highest BCUT2D eigenvalue weighted by molar-refractivity contribution is 5.74. The molecule has 1 atom stereocenters. The summed E-state index contributed by atoms with van der Waals surface area (Å²) < 4.78 is 4.38. The van der Waals surface area contributed by atoms with Crippen molar-refractivity contribution in [2.45, 2.75) is 6.10 Å². The van der Waals surface area contributed by atoms with Crippen LogP contribution in [0.3, 0.4) is 0 Å². The number of aliphatic hydroxyl groups is 2. The molecule has 0 amide bonds. The molecule has 66 valence electrons. The third-order valence-corrected chi connectivity index (χ3v) is 0.788. The molecule has 0 aromatic rings. The van der Waals surface area contributed by atoms with E-state index in [4.69, 9.17) is 10.2 Å². The van der Waals surface area contributed by atoms with E-state index in [-0.39, 0.29) is 12.1 Å². The van der Waals surface area contributed by atoms with Crippen molar-refractivity contribution in [3.05, 3.63) is 12.7 Å². The molecule has 0 fully saturated rings. The topological polar surface area (TPSA) is 98.3 Å². The Morgan fingerprint density at radius 1 is 1.73 bits per heavy atom. The first-order chi connectivity index (χ1) is 4.72. The second kappa shape index (κ2) is 7.20. The highest BCUT2D eigenvalue weighted by Gasteiger charge is 2.13. The Morgan fingerprint density at radius 3 is 2.64 bits per heavy atom. The van der Waals surface area contributed by atoms with Crippen LogP contribution in [0.5, 0.6) is 0 Å². The van der Waals surface area contributed by atoms with Crippen LogP contribution in [0.2, 0.25) is 0 Å². The second-order valence-electron chi connectivity index (χ2n) is 1.62. The number of hydrogen-bond donors (Lipinski definition) is 2. The molecule has 0 aromatic carbocycles. The number of esters is 1. The van der Waals surface area contributed by atoms with Crippen molar-refractivity contribution in [1.29, 1.82) is 0 Å². The molecule has 1 unspecified atom stereocenters.